The van der Waals surface area contributed by atoms with Crippen molar-refractivity contribution >= 4 is 15.8 Å². The van der Waals surface area contributed by atoms with Crippen LogP contribution < -0.4 is 0 Å². The Labute approximate surface area is 117 Å². The van der Waals surface area contributed by atoms with Crippen molar-refractivity contribution in [3.8, 4) is 0 Å². The van der Waals surface area contributed by atoms with Crippen LogP contribution in [-0.2, 0) is 14.6 Å². The van der Waals surface area contributed by atoms with Crippen LogP contribution in [0.1, 0.15) is 49.3 Å². The molecule has 1 fully saturated rings. The van der Waals surface area contributed by atoms with Crippen molar-refractivity contribution in [2.75, 3.05) is 12.9 Å². The van der Waals surface area contributed by atoms with E-state index in [4.69, 9.17) is 4.74 Å². The second kappa shape index (κ2) is 5.86. The maximum absolute atomic E-state index is 11.7. The first kappa shape index (κ1) is 14.9. The maximum atomic E-state index is 11.7. The molecule has 0 spiro atoms. The Kier molecular flexibility index (Phi) is 4.36. The summed E-state index contributed by atoms with van der Waals surface area (Å²) in [6.07, 6.45) is 3.84. The highest BCUT2D eigenvalue weighted by molar-refractivity contribution is 7.91. The van der Waals surface area contributed by atoms with E-state index in [1.165, 1.54) is 10.9 Å². The van der Waals surface area contributed by atoms with Gasteiger partial charge in [0.1, 0.15) is 9.84 Å². The van der Waals surface area contributed by atoms with E-state index in [1.54, 1.807) is 6.92 Å². The highest BCUT2D eigenvalue weighted by Crippen LogP contribution is 2.31. The highest BCUT2D eigenvalue weighted by atomic mass is 32.2. The van der Waals surface area contributed by atoms with E-state index >= 15 is 0 Å². The Balaban J connectivity index is 2.20. The maximum Gasteiger partial charge on any atom is 0.378 e. The van der Waals surface area contributed by atoms with Crippen molar-refractivity contribution in [1.29, 1.82) is 0 Å². The monoisotopic (exact) mass is 302 g/mol. The number of hydrogen-bond donors (Lipinski definition) is 0. The van der Waals surface area contributed by atoms with Crippen molar-refractivity contribution in [2.45, 2.75) is 43.9 Å². The van der Waals surface area contributed by atoms with Crippen LogP contribution in [0.2, 0.25) is 0 Å². The van der Waals surface area contributed by atoms with Gasteiger partial charge in [0.2, 0.25) is 0 Å². The topological polar surface area (TPSA) is 104 Å². The third-order valence-electron chi connectivity index (χ3n) is 3.50. The molecule has 2 atom stereocenters. The molecule has 1 heterocycles. The molecule has 0 amide bonds. The number of ether oxygens (including phenoxy) is 1. The molecular formula is C11H18N4O4S. The Bertz CT molecular complexity index is 583. The summed E-state index contributed by atoms with van der Waals surface area (Å²) in [7, 11) is -3.09. The lowest BCUT2D eigenvalue weighted by Gasteiger charge is -2.27. The van der Waals surface area contributed by atoms with Gasteiger partial charge in [-0.2, -0.15) is 0 Å². The zero-order valence-electron chi connectivity index (χ0n) is 11.5. The van der Waals surface area contributed by atoms with Gasteiger partial charge in [0, 0.05) is 6.26 Å². The van der Waals surface area contributed by atoms with E-state index in [-0.39, 0.29) is 18.5 Å². The number of rotatable bonds is 4. The Morgan fingerprint density at radius 1 is 1.45 bits per heavy atom. The molecule has 0 aliphatic heterocycles. The molecule has 1 aromatic rings. The van der Waals surface area contributed by atoms with Crippen LogP contribution >= 0.6 is 0 Å². The van der Waals surface area contributed by atoms with E-state index in [0.717, 1.165) is 12.8 Å². The quantitative estimate of drug-likeness (QED) is 0.740. The zero-order chi connectivity index (χ0) is 14.8. The van der Waals surface area contributed by atoms with Crippen LogP contribution in [0.25, 0.3) is 0 Å². The fraction of sp³-hybridized carbons (Fsp3) is 0.818. The molecule has 0 aromatic carbocycles. The molecule has 0 radical (unpaired) electrons. The van der Waals surface area contributed by atoms with Crippen molar-refractivity contribution < 1.29 is 17.9 Å². The van der Waals surface area contributed by atoms with Crippen LogP contribution in [0.15, 0.2) is 0 Å². The molecule has 0 bridgehead atoms. The van der Waals surface area contributed by atoms with Crippen molar-refractivity contribution in [3.05, 3.63) is 5.82 Å². The van der Waals surface area contributed by atoms with Gasteiger partial charge in [-0.15, -0.1) is 5.10 Å². The second-order valence-corrected chi connectivity index (χ2v) is 7.27. The predicted octanol–water partition coefficient (Wildman–Crippen LogP) is 0.378. The minimum Gasteiger partial charge on any atom is -0.460 e. The second-order valence-electron chi connectivity index (χ2n) is 4.94. The lowest BCUT2D eigenvalue weighted by Crippen LogP contribution is -2.30. The number of nitrogens with zero attached hydrogens (tertiary/aromatic N) is 4. The van der Waals surface area contributed by atoms with Gasteiger partial charge < -0.3 is 4.74 Å². The van der Waals surface area contributed by atoms with Gasteiger partial charge in [-0.05, 0) is 36.6 Å². The van der Waals surface area contributed by atoms with Crippen molar-refractivity contribution in [2.24, 2.45) is 0 Å². The van der Waals surface area contributed by atoms with E-state index < -0.39 is 21.1 Å². The fourth-order valence-corrected chi connectivity index (χ4v) is 3.67. The number of carbonyl (C=O) groups is 1. The normalized spacial score (nSPS) is 23.5. The first-order valence-corrected chi connectivity index (χ1v) is 8.52. The SMILES string of the molecule is CCOC(=O)c1nnnn1C1CCCC(S(C)(=O)=O)C1. The molecule has 8 nitrogen and oxygen atoms in total. The summed E-state index contributed by atoms with van der Waals surface area (Å²) in [6, 6.07) is -0.183. The van der Waals surface area contributed by atoms with E-state index in [1.807, 2.05) is 0 Å². The van der Waals surface area contributed by atoms with Gasteiger partial charge in [-0.1, -0.05) is 6.42 Å². The lowest BCUT2D eigenvalue weighted by atomic mass is 9.95. The molecule has 0 saturated heterocycles. The molecule has 2 rings (SSSR count). The minimum absolute atomic E-state index is 0.0333. The molecule has 1 aliphatic carbocycles. The molecule has 20 heavy (non-hydrogen) atoms. The van der Waals surface area contributed by atoms with E-state index in [0.29, 0.717) is 12.8 Å². The zero-order valence-corrected chi connectivity index (χ0v) is 12.3. The molecule has 9 heteroatoms. The number of sulfone groups is 1. The number of aromatic nitrogens is 4. The van der Waals surface area contributed by atoms with Crippen LogP contribution in [0.3, 0.4) is 0 Å². The summed E-state index contributed by atoms with van der Waals surface area (Å²) < 4.78 is 29.6. The Hall–Kier alpha value is -1.51. The molecule has 0 N–H and O–H groups in total. The third-order valence-corrected chi connectivity index (χ3v) is 5.14. The standard InChI is InChI=1S/C11H18N4O4S/c1-3-19-11(16)10-12-13-14-15(10)8-5-4-6-9(7-8)20(2,17)18/h8-9H,3-7H2,1-2H3. The molecule has 2 unspecified atom stereocenters. The number of esters is 1. The Morgan fingerprint density at radius 2 is 2.20 bits per heavy atom. The first-order valence-electron chi connectivity index (χ1n) is 6.57. The van der Waals surface area contributed by atoms with Crippen molar-refractivity contribution in [1.82, 2.24) is 20.2 Å². The summed E-state index contributed by atoms with van der Waals surface area (Å²) in [5.74, 6) is -0.551. The van der Waals surface area contributed by atoms with Gasteiger partial charge in [-0.3, -0.25) is 0 Å². The first-order chi connectivity index (χ1) is 9.43. The summed E-state index contributed by atoms with van der Waals surface area (Å²) in [5.41, 5.74) is 0. The largest absolute Gasteiger partial charge is 0.460 e. The number of hydrogen-bond acceptors (Lipinski definition) is 7. The predicted molar refractivity (Wildman–Crippen MR) is 69.9 cm³/mol. The summed E-state index contributed by atoms with van der Waals surface area (Å²) in [5, 5.41) is 10.6. The summed E-state index contributed by atoms with van der Waals surface area (Å²) in [6.45, 7) is 1.94. The van der Waals surface area contributed by atoms with E-state index in [2.05, 4.69) is 15.5 Å². The van der Waals surface area contributed by atoms with Gasteiger partial charge in [0.05, 0.1) is 17.9 Å². The third kappa shape index (κ3) is 3.14. The van der Waals surface area contributed by atoms with E-state index in [9.17, 15) is 13.2 Å². The Morgan fingerprint density at radius 3 is 2.85 bits per heavy atom. The van der Waals surface area contributed by atoms with Crippen LogP contribution in [0.5, 0.6) is 0 Å². The van der Waals surface area contributed by atoms with Gasteiger partial charge in [-0.25, -0.2) is 17.9 Å². The molecule has 1 saturated carbocycles. The van der Waals surface area contributed by atoms with Gasteiger partial charge >= 0.3 is 5.97 Å². The molecular weight excluding hydrogens is 284 g/mol. The molecule has 1 aliphatic rings. The average molecular weight is 302 g/mol. The summed E-state index contributed by atoms with van der Waals surface area (Å²) >= 11 is 0. The van der Waals surface area contributed by atoms with Gasteiger partial charge in [0.15, 0.2) is 0 Å². The van der Waals surface area contributed by atoms with Crippen LogP contribution in [-0.4, -0.2) is 52.7 Å². The minimum atomic E-state index is -3.09. The van der Waals surface area contributed by atoms with Crippen LogP contribution in [0, 0.1) is 0 Å². The number of carbonyl (C=O) groups excluding carboxylic acids is 1. The lowest BCUT2D eigenvalue weighted by molar-refractivity contribution is 0.0499. The smallest absolute Gasteiger partial charge is 0.378 e. The molecule has 1 aromatic heterocycles. The van der Waals surface area contributed by atoms with Crippen molar-refractivity contribution in [3.63, 3.8) is 0 Å². The van der Waals surface area contributed by atoms with Gasteiger partial charge in [0.25, 0.3) is 5.82 Å². The average Bonchev–Trinajstić information content (AvgIpc) is 2.87. The highest BCUT2D eigenvalue weighted by Gasteiger charge is 2.32. The fourth-order valence-electron chi connectivity index (χ4n) is 2.50. The summed E-state index contributed by atoms with van der Waals surface area (Å²) in [4.78, 5) is 11.7. The van der Waals surface area contributed by atoms with Crippen LogP contribution in [0.4, 0.5) is 0 Å². The molecule has 112 valence electrons. The number of tetrazole rings is 1.